The first-order valence-electron chi connectivity index (χ1n) is 18.4. The number of aromatic nitrogens is 3. The highest BCUT2D eigenvalue weighted by Gasteiger charge is 2.61. The molecular formula is C41H38Cl2N6O6. The molecule has 0 radical (unpaired) electrons. The summed E-state index contributed by atoms with van der Waals surface area (Å²) in [5, 5.41) is 21.9. The summed E-state index contributed by atoms with van der Waals surface area (Å²) in [5.74, 6) is 0.214. The third-order valence-corrected chi connectivity index (χ3v) is 11.8. The minimum absolute atomic E-state index is 0.0749. The van der Waals surface area contributed by atoms with E-state index in [4.69, 9.17) is 46.7 Å². The third-order valence-electron chi connectivity index (χ3n) is 11.3. The van der Waals surface area contributed by atoms with Gasteiger partial charge in [0.15, 0.2) is 28.6 Å². The number of hydrogen-bond donors (Lipinski definition) is 5. The van der Waals surface area contributed by atoms with Crippen LogP contribution in [0.4, 0.5) is 5.69 Å². The number of benzene rings is 3. The Morgan fingerprint density at radius 2 is 1.78 bits per heavy atom. The monoisotopic (exact) mass is 780 g/mol. The second kappa shape index (κ2) is 12.9. The Hall–Kier alpha value is -5.30. The molecule has 0 aliphatic carbocycles. The van der Waals surface area contributed by atoms with E-state index in [1.54, 1.807) is 13.8 Å². The highest BCUT2D eigenvalue weighted by Crippen LogP contribution is 2.59. The zero-order valence-electron chi connectivity index (χ0n) is 30.4. The Balaban J connectivity index is 1.28. The van der Waals surface area contributed by atoms with E-state index >= 15 is 0 Å². The van der Waals surface area contributed by atoms with Crippen molar-refractivity contribution in [2.75, 3.05) is 5.32 Å². The van der Waals surface area contributed by atoms with E-state index in [2.05, 4.69) is 20.9 Å². The molecule has 14 heteroatoms. The van der Waals surface area contributed by atoms with E-state index in [1.807, 2.05) is 80.6 Å². The molecule has 4 bridgehead atoms. The second-order valence-corrected chi connectivity index (χ2v) is 15.5. The van der Waals surface area contributed by atoms with E-state index < -0.39 is 41.1 Å². The smallest absolute Gasteiger partial charge is 0.252 e. The number of H-pyrrole nitrogens is 1. The van der Waals surface area contributed by atoms with Crippen molar-refractivity contribution in [3.63, 3.8) is 0 Å². The van der Waals surface area contributed by atoms with E-state index in [-0.39, 0.29) is 53.6 Å². The van der Waals surface area contributed by atoms with Crippen LogP contribution in [-0.4, -0.2) is 49.7 Å². The summed E-state index contributed by atoms with van der Waals surface area (Å²) in [5.41, 5.74) is 2.11. The average molecular weight is 782 g/mol. The van der Waals surface area contributed by atoms with E-state index in [0.29, 0.717) is 22.2 Å². The van der Waals surface area contributed by atoms with Crippen molar-refractivity contribution in [3.05, 3.63) is 105 Å². The van der Waals surface area contributed by atoms with Gasteiger partial charge in [0, 0.05) is 28.6 Å². The fourth-order valence-electron chi connectivity index (χ4n) is 8.20. The van der Waals surface area contributed by atoms with Gasteiger partial charge in [-0.1, -0.05) is 99.4 Å². The van der Waals surface area contributed by atoms with Crippen molar-refractivity contribution in [1.82, 2.24) is 25.6 Å². The number of anilines is 1. The predicted molar refractivity (Wildman–Crippen MR) is 207 cm³/mol. The maximum Gasteiger partial charge on any atom is 0.252 e. The van der Waals surface area contributed by atoms with Crippen molar-refractivity contribution in [2.45, 2.75) is 76.3 Å². The number of aliphatic hydroxyl groups is 1. The molecular weight excluding hydrogens is 743 g/mol. The summed E-state index contributed by atoms with van der Waals surface area (Å²) < 4.78 is 20.2. The van der Waals surface area contributed by atoms with Crippen LogP contribution < -0.4 is 20.7 Å². The van der Waals surface area contributed by atoms with Crippen LogP contribution in [0, 0.1) is 5.92 Å². The van der Waals surface area contributed by atoms with E-state index in [0.717, 1.165) is 33.3 Å². The number of oxazole rings is 2. The largest absolute Gasteiger partial charge is 0.469 e. The number of hydrogen-bond acceptors (Lipinski definition) is 9. The van der Waals surface area contributed by atoms with Gasteiger partial charge in [0.05, 0.1) is 5.56 Å². The quantitative estimate of drug-likeness (QED) is 0.109. The second-order valence-electron chi connectivity index (χ2n) is 14.8. The first kappa shape index (κ1) is 35.4. The number of nitrogens with one attached hydrogen (secondary N) is 4. The molecule has 9 rings (SSSR count). The normalized spacial score (nSPS) is 21.3. The predicted octanol–water partition coefficient (Wildman–Crippen LogP) is 7.67. The molecule has 282 valence electrons. The number of amides is 2. The summed E-state index contributed by atoms with van der Waals surface area (Å²) in [6.07, 6.45) is -0.159. The number of carbonyl (C=O) groups excluding carboxylic acids is 2. The molecule has 1 spiro atoms. The SMILES string of the molecule is CCC(O)(CC)C(=O)N[C@H]1Cc2ccc3c(c2)C2(c4ccccc4NC2O3)c2oc(nc2-c2nc(Cl)c(-c3c(Cl)[nH]c4ccccc34)o2)[C@H](C(C)C)NC1=O. The fourth-order valence-corrected chi connectivity index (χ4v) is 8.70. The minimum Gasteiger partial charge on any atom is -0.469 e. The molecule has 6 heterocycles. The molecule has 5 N–H and O–H groups in total. The Labute approximate surface area is 326 Å². The first-order chi connectivity index (χ1) is 26.5. The third kappa shape index (κ3) is 5.29. The lowest BCUT2D eigenvalue weighted by Crippen LogP contribution is -2.55. The maximum atomic E-state index is 14.3. The van der Waals surface area contributed by atoms with Gasteiger partial charge < -0.3 is 39.6 Å². The van der Waals surface area contributed by atoms with Crippen LogP contribution in [0.5, 0.6) is 5.75 Å². The fraction of sp³-hybridized carbons (Fsp3) is 0.317. The Morgan fingerprint density at radius 1 is 1.02 bits per heavy atom. The van der Waals surface area contributed by atoms with Gasteiger partial charge in [-0.05, 0) is 48.1 Å². The molecule has 0 saturated carbocycles. The summed E-state index contributed by atoms with van der Waals surface area (Å²) in [4.78, 5) is 40.8. The van der Waals surface area contributed by atoms with Gasteiger partial charge >= 0.3 is 0 Å². The molecule has 6 aromatic rings. The summed E-state index contributed by atoms with van der Waals surface area (Å²) in [7, 11) is 0. The van der Waals surface area contributed by atoms with Crippen molar-refractivity contribution >= 4 is 51.6 Å². The Bertz CT molecular complexity index is 2520. The molecule has 3 aliphatic heterocycles. The zero-order chi connectivity index (χ0) is 38.4. The number of fused-ring (bicyclic) bond motifs is 5. The van der Waals surface area contributed by atoms with Gasteiger partial charge in [0.2, 0.25) is 11.8 Å². The number of para-hydroxylation sites is 2. The lowest BCUT2D eigenvalue weighted by Gasteiger charge is -2.30. The lowest BCUT2D eigenvalue weighted by atomic mass is 9.72. The molecule has 3 aliphatic rings. The van der Waals surface area contributed by atoms with Crippen molar-refractivity contribution in [2.24, 2.45) is 5.92 Å². The number of ether oxygens (including phenoxy) is 1. The molecule has 0 saturated heterocycles. The molecule has 3 aromatic carbocycles. The Kier molecular flexibility index (Phi) is 8.30. The molecule has 4 atom stereocenters. The maximum absolute atomic E-state index is 14.3. The summed E-state index contributed by atoms with van der Waals surface area (Å²) >= 11 is 13.6. The molecule has 3 aromatic heterocycles. The molecule has 55 heavy (non-hydrogen) atoms. The van der Waals surface area contributed by atoms with Crippen LogP contribution in [0.25, 0.3) is 33.8 Å². The van der Waals surface area contributed by atoms with Crippen LogP contribution in [-0.2, 0) is 21.4 Å². The number of aromatic amines is 1. The lowest BCUT2D eigenvalue weighted by molar-refractivity contribution is -0.143. The molecule has 12 nitrogen and oxygen atoms in total. The summed E-state index contributed by atoms with van der Waals surface area (Å²) in [6.45, 7) is 7.35. The van der Waals surface area contributed by atoms with Gasteiger partial charge in [-0.25, -0.2) is 4.98 Å². The van der Waals surface area contributed by atoms with Gasteiger partial charge in [-0.2, -0.15) is 4.98 Å². The number of halogens is 2. The first-order valence-corrected chi connectivity index (χ1v) is 19.2. The number of nitrogens with zero attached hydrogens (tertiary/aromatic N) is 2. The van der Waals surface area contributed by atoms with Gasteiger partial charge in [0.25, 0.3) is 11.8 Å². The molecule has 2 unspecified atom stereocenters. The topological polar surface area (TPSA) is 168 Å². The van der Waals surface area contributed by atoms with Gasteiger partial charge in [-0.15, -0.1) is 0 Å². The van der Waals surface area contributed by atoms with Crippen molar-refractivity contribution in [3.8, 4) is 28.7 Å². The number of rotatable bonds is 7. The van der Waals surface area contributed by atoms with Crippen LogP contribution >= 0.6 is 23.2 Å². The minimum atomic E-state index is -1.64. The summed E-state index contributed by atoms with van der Waals surface area (Å²) in [6, 6.07) is 19.4. The van der Waals surface area contributed by atoms with Gasteiger partial charge in [0.1, 0.15) is 34.0 Å². The van der Waals surface area contributed by atoms with Crippen LogP contribution in [0.2, 0.25) is 10.3 Å². The van der Waals surface area contributed by atoms with Gasteiger partial charge in [-0.3, -0.25) is 9.59 Å². The van der Waals surface area contributed by atoms with Crippen LogP contribution in [0.3, 0.4) is 0 Å². The number of carbonyl (C=O) groups is 2. The van der Waals surface area contributed by atoms with Crippen molar-refractivity contribution < 1.29 is 28.3 Å². The van der Waals surface area contributed by atoms with Crippen LogP contribution in [0.1, 0.15) is 74.9 Å². The average Bonchev–Trinajstić information content (AvgIpc) is 3.98. The Morgan fingerprint density at radius 3 is 2.56 bits per heavy atom. The van der Waals surface area contributed by atoms with Crippen LogP contribution in [0.15, 0.2) is 75.6 Å². The molecule has 2 amide bonds. The zero-order valence-corrected chi connectivity index (χ0v) is 31.9. The highest BCUT2D eigenvalue weighted by atomic mass is 35.5. The van der Waals surface area contributed by atoms with Crippen molar-refractivity contribution in [1.29, 1.82) is 0 Å². The standard InChI is InChI=1S/C41H38Cl2N6O6/c1-5-40(52,6-2)38(51)45-26-18-20-15-16-27-23(17-20)41(22-12-8-10-14-25(22)46-39(41)53-27)32-30(48-36(55-32)29(19(3)4)47-35(26)50)37-49-34(43)31(54-37)28-21-11-7-9-13-24(21)44-33(28)42/h7-17,19,26,29,39,44,46,52H,5-6,18H2,1-4H3,(H,45,51)(H,47,50)/t26-,29-,39?,41?/m0/s1. The van der Waals surface area contributed by atoms with E-state index in [9.17, 15) is 14.7 Å². The highest BCUT2D eigenvalue weighted by molar-refractivity contribution is 6.37. The van der Waals surface area contributed by atoms with E-state index in [1.165, 1.54) is 0 Å². The molecule has 0 fully saturated rings.